The van der Waals surface area contributed by atoms with Crippen LogP contribution in [0.2, 0.25) is 0 Å². The fourth-order valence-electron chi connectivity index (χ4n) is 1.32. The fraction of sp³-hybridized carbons (Fsp3) is 0.364. The lowest BCUT2D eigenvalue weighted by molar-refractivity contribution is 0.185. The monoisotopic (exact) mass is 378 g/mol. The molecule has 0 aromatic heterocycles. The zero-order chi connectivity index (χ0) is 13.5. The number of hydrazine groups is 1. The van der Waals surface area contributed by atoms with E-state index in [1.54, 1.807) is 7.11 Å². The van der Waals surface area contributed by atoms with Crippen molar-refractivity contribution in [2.75, 3.05) is 19.0 Å². The fourth-order valence-corrected chi connectivity index (χ4v) is 2.47. The van der Waals surface area contributed by atoms with Crippen molar-refractivity contribution in [2.24, 2.45) is 10.8 Å². The Balaban J connectivity index is 2.79. The molecule has 1 unspecified atom stereocenters. The SMILES string of the molecule is COCC(C)N=C(NN)Nc1ccc(Br)cc1Br. The number of nitrogens with zero attached hydrogens (tertiary/aromatic N) is 1. The van der Waals surface area contributed by atoms with Crippen LogP contribution in [0.25, 0.3) is 0 Å². The molecule has 1 rings (SSSR count). The van der Waals surface area contributed by atoms with Crippen LogP contribution in [-0.2, 0) is 4.74 Å². The van der Waals surface area contributed by atoms with Crippen LogP contribution >= 0.6 is 31.9 Å². The van der Waals surface area contributed by atoms with Gasteiger partial charge in [-0.05, 0) is 41.1 Å². The number of benzene rings is 1. The van der Waals surface area contributed by atoms with Crippen LogP contribution in [0.3, 0.4) is 0 Å². The number of nitrogens with two attached hydrogens (primary N) is 1. The molecule has 0 heterocycles. The first-order valence-corrected chi connectivity index (χ1v) is 6.90. The van der Waals surface area contributed by atoms with Crippen LogP contribution in [0.1, 0.15) is 6.92 Å². The van der Waals surface area contributed by atoms with Crippen LogP contribution in [0, 0.1) is 0 Å². The standard InChI is InChI=1S/C11H16Br2N4O/c1-7(6-18-2)15-11(17-14)16-10-4-3-8(12)5-9(10)13/h3-5,7H,6,14H2,1-2H3,(H2,15,16,17). The number of aliphatic imine (C=N–C) groups is 1. The van der Waals surface area contributed by atoms with E-state index in [1.165, 1.54) is 0 Å². The second-order valence-electron chi connectivity index (χ2n) is 3.68. The predicted octanol–water partition coefficient (Wildman–Crippen LogP) is 2.48. The second kappa shape index (κ2) is 7.73. The summed E-state index contributed by atoms with van der Waals surface area (Å²) in [5.74, 6) is 5.92. The predicted molar refractivity (Wildman–Crippen MR) is 81.6 cm³/mol. The van der Waals surface area contributed by atoms with E-state index in [9.17, 15) is 0 Å². The highest BCUT2D eigenvalue weighted by Crippen LogP contribution is 2.25. The van der Waals surface area contributed by atoms with E-state index in [1.807, 2.05) is 25.1 Å². The third-order valence-corrected chi connectivity index (χ3v) is 3.23. The van der Waals surface area contributed by atoms with Crippen LogP contribution in [-0.4, -0.2) is 25.7 Å². The smallest absolute Gasteiger partial charge is 0.210 e. The van der Waals surface area contributed by atoms with E-state index in [-0.39, 0.29) is 6.04 Å². The lowest BCUT2D eigenvalue weighted by Crippen LogP contribution is -2.37. The van der Waals surface area contributed by atoms with E-state index in [4.69, 9.17) is 10.6 Å². The van der Waals surface area contributed by atoms with Gasteiger partial charge in [0.15, 0.2) is 0 Å². The lowest BCUT2D eigenvalue weighted by atomic mass is 10.3. The van der Waals surface area contributed by atoms with Gasteiger partial charge < -0.3 is 10.1 Å². The van der Waals surface area contributed by atoms with Crippen molar-refractivity contribution in [3.8, 4) is 0 Å². The number of hydrogen-bond donors (Lipinski definition) is 3. The van der Waals surface area contributed by atoms with Gasteiger partial charge in [0.05, 0.1) is 18.3 Å². The number of methoxy groups -OCH3 is 1. The molecule has 18 heavy (non-hydrogen) atoms. The summed E-state index contributed by atoms with van der Waals surface area (Å²) in [5.41, 5.74) is 3.41. The van der Waals surface area contributed by atoms with E-state index < -0.39 is 0 Å². The Bertz CT molecular complexity index is 426. The van der Waals surface area contributed by atoms with Crippen molar-refractivity contribution in [2.45, 2.75) is 13.0 Å². The molecule has 0 spiro atoms. The van der Waals surface area contributed by atoms with Crippen molar-refractivity contribution in [3.05, 3.63) is 27.1 Å². The lowest BCUT2D eigenvalue weighted by Gasteiger charge is -2.13. The van der Waals surface area contributed by atoms with Crippen molar-refractivity contribution in [1.29, 1.82) is 0 Å². The molecule has 0 aliphatic carbocycles. The summed E-state index contributed by atoms with van der Waals surface area (Å²) in [6.07, 6.45) is 0. The molecule has 0 aliphatic heterocycles. The molecule has 0 aliphatic rings. The number of rotatable bonds is 4. The highest BCUT2D eigenvalue weighted by molar-refractivity contribution is 9.11. The van der Waals surface area contributed by atoms with Gasteiger partial charge in [-0.15, -0.1) is 0 Å². The van der Waals surface area contributed by atoms with Crippen LogP contribution in [0.4, 0.5) is 5.69 Å². The molecule has 0 fully saturated rings. The Morgan fingerprint density at radius 2 is 2.22 bits per heavy atom. The Labute approximate surface area is 123 Å². The molecule has 7 heteroatoms. The van der Waals surface area contributed by atoms with Crippen molar-refractivity contribution < 1.29 is 4.74 Å². The summed E-state index contributed by atoms with van der Waals surface area (Å²) in [4.78, 5) is 4.36. The molecule has 0 bridgehead atoms. The van der Waals surface area contributed by atoms with Gasteiger partial charge in [-0.3, -0.25) is 5.43 Å². The number of halogens is 2. The second-order valence-corrected chi connectivity index (χ2v) is 5.45. The Morgan fingerprint density at radius 3 is 2.78 bits per heavy atom. The summed E-state index contributed by atoms with van der Waals surface area (Å²) in [6, 6.07) is 5.81. The molecule has 100 valence electrons. The Kier molecular flexibility index (Phi) is 6.62. The first-order valence-electron chi connectivity index (χ1n) is 5.32. The average Bonchev–Trinajstić information content (AvgIpc) is 2.31. The maximum atomic E-state index is 5.44. The molecule has 5 nitrogen and oxygen atoms in total. The molecule has 4 N–H and O–H groups in total. The third kappa shape index (κ3) is 4.93. The van der Waals surface area contributed by atoms with Crippen LogP contribution in [0.15, 0.2) is 32.1 Å². The van der Waals surface area contributed by atoms with Crippen LogP contribution in [0.5, 0.6) is 0 Å². The minimum absolute atomic E-state index is 0.0165. The number of hydrogen-bond acceptors (Lipinski definition) is 3. The molecule has 1 aromatic rings. The molecule has 0 saturated heterocycles. The van der Waals surface area contributed by atoms with E-state index in [0.29, 0.717) is 12.6 Å². The van der Waals surface area contributed by atoms with Crippen molar-refractivity contribution >= 4 is 43.5 Å². The minimum Gasteiger partial charge on any atom is -0.382 e. The third-order valence-electron chi connectivity index (χ3n) is 2.08. The quantitative estimate of drug-likeness (QED) is 0.325. The number of nitrogens with one attached hydrogen (secondary N) is 2. The maximum absolute atomic E-state index is 5.44. The minimum atomic E-state index is 0.0165. The topological polar surface area (TPSA) is 71.7 Å². The van der Waals surface area contributed by atoms with Gasteiger partial charge in [0.2, 0.25) is 5.96 Å². The molecule has 0 amide bonds. The van der Waals surface area contributed by atoms with E-state index >= 15 is 0 Å². The maximum Gasteiger partial charge on any atom is 0.210 e. The van der Waals surface area contributed by atoms with Gasteiger partial charge in [0, 0.05) is 16.1 Å². The number of anilines is 1. The van der Waals surface area contributed by atoms with Crippen molar-refractivity contribution in [3.63, 3.8) is 0 Å². The molecule has 1 atom stereocenters. The number of guanidine groups is 1. The summed E-state index contributed by atoms with van der Waals surface area (Å²) >= 11 is 6.86. The van der Waals surface area contributed by atoms with Gasteiger partial charge in [-0.2, -0.15) is 0 Å². The number of ether oxygens (including phenoxy) is 1. The van der Waals surface area contributed by atoms with Gasteiger partial charge in [-0.1, -0.05) is 15.9 Å². The van der Waals surface area contributed by atoms with Gasteiger partial charge in [-0.25, -0.2) is 10.8 Å². The summed E-state index contributed by atoms with van der Waals surface area (Å²) < 4.78 is 6.93. The zero-order valence-corrected chi connectivity index (χ0v) is 13.4. The summed E-state index contributed by atoms with van der Waals surface area (Å²) in [7, 11) is 1.64. The Hall–Kier alpha value is -0.630. The normalized spacial score (nSPS) is 13.3. The molecule has 0 radical (unpaired) electrons. The van der Waals surface area contributed by atoms with Crippen LogP contribution < -0.4 is 16.6 Å². The summed E-state index contributed by atoms with van der Waals surface area (Å²) in [6.45, 7) is 2.48. The summed E-state index contributed by atoms with van der Waals surface area (Å²) in [5, 5.41) is 3.10. The molecule has 1 aromatic carbocycles. The van der Waals surface area contributed by atoms with Crippen molar-refractivity contribution in [1.82, 2.24) is 5.43 Å². The average molecular weight is 380 g/mol. The molecular formula is C11H16Br2N4O. The van der Waals surface area contributed by atoms with Gasteiger partial charge >= 0.3 is 0 Å². The Morgan fingerprint density at radius 1 is 1.50 bits per heavy atom. The van der Waals surface area contributed by atoms with E-state index in [0.717, 1.165) is 14.6 Å². The highest BCUT2D eigenvalue weighted by Gasteiger charge is 2.05. The van der Waals surface area contributed by atoms with Gasteiger partial charge in [0.1, 0.15) is 0 Å². The molecular weight excluding hydrogens is 364 g/mol. The zero-order valence-electron chi connectivity index (χ0n) is 10.2. The van der Waals surface area contributed by atoms with E-state index in [2.05, 4.69) is 47.6 Å². The van der Waals surface area contributed by atoms with Gasteiger partial charge in [0.25, 0.3) is 0 Å². The first kappa shape index (κ1) is 15.4. The largest absolute Gasteiger partial charge is 0.382 e. The highest BCUT2D eigenvalue weighted by atomic mass is 79.9. The first-order chi connectivity index (χ1) is 8.56. The molecule has 0 saturated carbocycles.